The molecule has 2 amide bonds. The molecule has 2 aromatic carbocycles. The summed E-state index contributed by atoms with van der Waals surface area (Å²) in [6.45, 7) is 4.18. The molecule has 1 heterocycles. The molecule has 2 aromatic rings. The number of benzene rings is 2. The average Bonchev–Trinajstić information content (AvgIpc) is 3.01. The Bertz CT molecular complexity index is 1070. The fourth-order valence-electron chi connectivity index (χ4n) is 2.91. The number of nitrogens with zero attached hydrogens (tertiary/aromatic N) is 1. The van der Waals surface area contributed by atoms with Gasteiger partial charge in [0.2, 0.25) is 0 Å². The molecule has 0 saturated carbocycles. The lowest BCUT2D eigenvalue weighted by atomic mass is 10.2. The first-order valence-corrected chi connectivity index (χ1v) is 11.5. The molecule has 1 saturated heterocycles. The zero-order valence-corrected chi connectivity index (χ0v) is 20.4. The Balaban J connectivity index is 1.68. The predicted octanol–water partition coefficient (Wildman–Crippen LogP) is 5.00. The van der Waals surface area contributed by atoms with E-state index in [1.54, 1.807) is 29.2 Å². The fraction of sp³-hybridized carbons (Fsp3) is 0.227. The first-order chi connectivity index (χ1) is 14.8. The third-order valence-electron chi connectivity index (χ3n) is 4.50. The van der Waals surface area contributed by atoms with Crippen molar-refractivity contribution in [2.24, 2.45) is 0 Å². The lowest BCUT2D eigenvalue weighted by Gasteiger charge is -2.13. The van der Waals surface area contributed by atoms with Gasteiger partial charge in [0.15, 0.2) is 18.1 Å². The molecule has 0 bridgehead atoms. The molecule has 1 aliphatic heterocycles. The molecule has 1 fully saturated rings. The maximum atomic E-state index is 12.4. The summed E-state index contributed by atoms with van der Waals surface area (Å²) in [5, 5.41) is 2.83. The van der Waals surface area contributed by atoms with E-state index in [4.69, 9.17) is 21.7 Å². The minimum absolute atomic E-state index is 0.100. The highest BCUT2D eigenvalue weighted by molar-refractivity contribution is 9.10. The number of thiocarbonyl (C=S) groups is 1. The van der Waals surface area contributed by atoms with Crippen molar-refractivity contribution in [3.8, 4) is 11.5 Å². The number of hydrogen-bond acceptors (Lipinski definition) is 6. The van der Waals surface area contributed by atoms with Gasteiger partial charge in [-0.3, -0.25) is 14.5 Å². The number of amides is 2. The first-order valence-electron chi connectivity index (χ1n) is 9.44. The molecule has 1 N–H and O–H groups in total. The summed E-state index contributed by atoms with van der Waals surface area (Å²) in [7, 11) is 1.52. The van der Waals surface area contributed by atoms with Gasteiger partial charge in [-0.2, -0.15) is 0 Å². The standard InChI is InChI=1S/C22H21BrN2O4S2/c1-4-25-21(27)19(31-22(25)30)11-14-5-8-17(18(10-14)28-3)29-12-20(26)24-16-7-6-15(23)9-13(16)2/h5-11H,4,12H2,1-3H3,(H,24,26)/b19-11-. The van der Waals surface area contributed by atoms with E-state index in [0.717, 1.165) is 21.3 Å². The predicted molar refractivity (Wildman–Crippen MR) is 132 cm³/mol. The number of likely N-dealkylation sites (N-methyl/N-ethyl adjacent to an activating group) is 1. The van der Waals surface area contributed by atoms with Crippen LogP contribution in [0.5, 0.6) is 11.5 Å². The van der Waals surface area contributed by atoms with Crippen molar-refractivity contribution < 1.29 is 19.1 Å². The Kier molecular flexibility index (Phi) is 7.74. The van der Waals surface area contributed by atoms with Crippen molar-refractivity contribution >= 4 is 67.8 Å². The highest BCUT2D eigenvalue weighted by atomic mass is 79.9. The monoisotopic (exact) mass is 520 g/mol. The van der Waals surface area contributed by atoms with Gasteiger partial charge in [0.05, 0.1) is 12.0 Å². The third kappa shape index (κ3) is 5.66. The van der Waals surface area contributed by atoms with E-state index in [2.05, 4.69) is 21.2 Å². The highest BCUT2D eigenvalue weighted by Gasteiger charge is 2.30. The summed E-state index contributed by atoms with van der Waals surface area (Å²) in [6, 6.07) is 10.9. The smallest absolute Gasteiger partial charge is 0.266 e. The average molecular weight is 521 g/mol. The summed E-state index contributed by atoms with van der Waals surface area (Å²) < 4.78 is 12.6. The third-order valence-corrected chi connectivity index (χ3v) is 6.37. The molecular formula is C22H21BrN2O4S2. The maximum absolute atomic E-state index is 12.4. The van der Waals surface area contributed by atoms with Gasteiger partial charge in [-0.05, 0) is 61.4 Å². The minimum Gasteiger partial charge on any atom is -0.493 e. The van der Waals surface area contributed by atoms with Gasteiger partial charge in [0.1, 0.15) is 4.32 Å². The maximum Gasteiger partial charge on any atom is 0.266 e. The largest absolute Gasteiger partial charge is 0.493 e. The van der Waals surface area contributed by atoms with Gasteiger partial charge in [0, 0.05) is 16.7 Å². The van der Waals surface area contributed by atoms with Crippen molar-refractivity contribution in [3.63, 3.8) is 0 Å². The summed E-state index contributed by atoms with van der Waals surface area (Å²) in [5.41, 5.74) is 2.44. The van der Waals surface area contributed by atoms with E-state index in [1.807, 2.05) is 32.0 Å². The van der Waals surface area contributed by atoms with Crippen molar-refractivity contribution in [2.45, 2.75) is 13.8 Å². The van der Waals surface area contributed by atoms with Gasteiger partial charge in [-0.15, -0.1) is 0 Å². The SMILES string of the molecule is CCN1C(=O)/C(=C/c2ccc(OCC(=O)Nc3ccc(Br)cc3C)c(OC)c2)SC1=S. The van der Waals surface area contributed by atoms with Crippen LogP contribution < -0.4 is 14.8 Å². The lowest BCUT2D eigenvalue weighted by molar-refractivity contribution is -0.122. The van der Waals surface area contributed by atoms with Crippen LogP contribution in [0.1, 0.15) is 18.1 Å². The Morgan fingerprint density at radius 2 is 2.03 bits per heavy atom. The number of thioether (sulfide) groups is 1. The van der Waals surface area contributed by atoms with Crippen LogP contribution in [0.4, 0.5) is 5.69 Å². The molecule has 3 rings (SSSR count). The quantitative estimate of drug-likeness (QED) is 0.409. The molecule has 6 nitrogen and oxygen atoms in total. The van der Waals surface area contributed by atoms with Crippen LogP contribution in [-0.2, 0) is 9.59 Å². The number of halogens is 1. The summed E-state index contributed by atoms with van der Waals surface area (Å²) >= 11 is 9.92. The van der Waals surface area contributed by atoms with Gasteiger partial charge in [0.25, 0.3) is 11.8 Å². The normalized spacial score (nSPS) is 14.8. The Labute approximate surface area is 199 Å². The van der Waals surface area contributed by atoms with Gasteiger partial charge < -0.3 is 14.8 Å². The highest BCUT2D eigenvalue weighted by Crippen LogP contribution is 2.34. The Hall–Kier alpha value is -2.36. The molecule has 0 unspecified atom stereocenters. The minimum atomic E-state index is -0.278. The van der Waals surface area contributed by atoms with E-state index in [-0.39, 0.29) is 18.4 Å². The van der Waals surface area contributed by atoms with E-state index in [9.17, 15) is 9.59 Å². The van der Waals surface area contributed by atoms with Crippen LogP contribution >= 0.6 is 39.9 Å². The van der Waals surface area contributed by atoms with Crippen LogP contribution in [0.3, 0.4) is 0 Å². The van der Waals surface area contributed by atoms with Crippen LogP contribution in [-0.4, -0.2) is 41.3 Å². The van der Waals surface area contributed by atoms with E-state index in [1.165, 1.54) is 18.9 Å². The summed E-state index contributed by atoms with van der Waals surface area (Å²) in [5.74, 6) is 0.521. The van der Waals surface area contributed by atoms with E-state index < -0.39 is 0 Å². The van der Waals surface area contributed by atoms with Crippen molar-refractivity contribution in [3.05, 3.63) is 56.9 Å². The van der Waals surface area contributed by atoms with Crippen molar-refractivity contribution in [1.29, 1.82) is 0 Å². The number of ether oxygens (including phenoxy) is 2. The molecule has 9 heteroatoms. The number of hydrogen-bond donors (Lipinski definition) is 1. The van der Waals surface area contributed by atoms with Gasteiger partial charge >= 0.3 is 0 Å². The van der Waals surface area contributed by atoms with Crippen molar-refractivity contribution in [1.82, 2.24) is 4.90 Å². The topological polar surface area (TPSA) is 67.9 Å². The van der Waals surface area contributed by atoms with Crippen LogP contribution in [0, 0.1) is 6.92 Å². The molecule has 0 aromatic heterocycles. The Morgan fingerprint density at radius 1 is 1.26 bits per heavy atom. The molecule has 0 spiro atoms. The second-order valence-electron chi connectivity index (χ2n) is 6.63. The number of anilines is 1. The second-order valence-corrected chi connectivity index (χ2v) is 9.22. The number of carbonyl (C=O) groups is 2. The number of aryl methyl sites for hydroxylation is 1. The molecule has 0 aliphatic carbocycles. The molecule has 0 radical (unpaired) electrons. The van der Waals surface area contributed by atoms with E-state index in [0.29, 0.717) is 27.3 Å². The van der Waals surface area contributed by atoms with Crippen molar-refractivity contribution in [2.75, 3.05) is 25.6 Å². The lowest BCUT2D eigenvalue weighted by Crippen LogP contribution is -2.27. The molecule has 162 valence electrons. The molecule has 31 heavy (non-hydrogen) atoms. The molecule has 0 atom stereocenters. The molecular weight excluding hydrogens is 500 g/mol. The number of rotatable bonds is 7. The zero-order valence-electron chi connectivity index (χ0n) is 17.2. The van der Waals surface area contributed by atoms with Crippen LogP contribution in [0.25, 0.3) is 6.08 Å². The zero-order chi connectivity index (χ0) is 22.5. The summed E-state index contributed by atoms with van der Waals surface area (Å²) in [4.78, 5) is 26.8. The van der Waals surface area contributed by atoms with E-state index >= 15 is 0 Å². The first kappa shape index (κ1) is 23.3. The number of methoxy groups -OCH3 is 1. The van der Waals surface area contributed by atoms with Gasteiger partial charge in [-0.25, -0.2) is 0 Å². The Morgan fingerprint density at radius 3 is 2.68 bits per heavy atom. The van der Waals surface area contributed by atoms with Crippen LogP contribution in [0.2, 0.25) is 0 Å². The van der Waals surface area contributed by atoms with Crippen LogP contribution in [0.15, 0.2) is 45.8 Å². The number of nitrogens with one attached hydrogen (secondary N) is 1. The second kappa shape index (κ2) is 10.3. The fourth-order valence-corrected chi connectivity index (χ4v) is 4.77. The number of carbonyl (C=O) groups excluding carboxylic acids is 2. The summed E-state index contributed by atoms with van der Waals surface area (Å²) in [6.07, 6.45) is 1.77. The molecule has 1 aliphatic rings. The van der Waals surface area contributed by atoms with Gasteiger partial charge in [-0.1, -0.05) is 46.0 Å².